The summed E-state index contributed by atoms with van der Waals surface area (Å²) in [7, 11) is 1.76. The zero-order valence-corrected chi connectivity index (χ0v) is 12.3. The lowest BCUT2D eigenvalue weighted by Gasteiger charge is -1.99. The highest BCUT2D eigenvalue weighted by molar-refractivity contribution is 7.98. The lowest BCUT2D eigenvalue weighted by atomic mass is 10.4. The van der Waals surface area contributed by atoms with Crippen molar-refractivity contribution >= 4 is 29.3 Å². The van der Waals surface area contributed by atoms with Crippen molar-refractivity contribution in [3.63, 3.8) is 0 Å². The van der Waals surface area contributed by atoms with Crippen LogP contribution in [0.4, 0.5) is 0 Å². The fourth-order valence-corrected chi connectivity index (χ4v) is 2.65. The van der Waals surface area contributed by atoms with Crippen molar-refractivity contribution in [2.24, 2.45) is 7.05 Å². The minimum Gasteiger partial charge on any atom is -0.267 e. The van der Waals surface area contributed by atoms with Crippen molar-refractivity contribution in [2.75, 3.05) is 6.26 Å². The van der Waals surface area contributed by atoms with E-state index in [1.165, 1.54) is 34.1 Å². The van der Waals surface area contributed by atoms with Gasteiger partial charge in [-0.1, -0.05) is 23.5 Å². The number of tetrazole rings is 1. The van der Waals surface area contributed by atoms with Crippen LogP contribution in [0, 0.1) is 0 Å². The Bertz CT molecular complexity index is 806. The second-order valence-corrected chi connectivity index (χ2v) is 5.57. The molecule has 1 N–H and O–H groups in total. The quantitative estimate of drug-likeness (QED) is 0.669. The number of nitrogens with one attached hydrogen (secondary N) is 1. The van der Waals surface area contributed by atoms with E-state index in [0.29, 0.717) is 27.5 Å². The molecule has 0 amide bonds. The van der Waals surface area contributed by atoms with E-state index in [0.717, 1.165) is 0 Å². The largest absolute Gasteiger partial charge is 0.274 e. The maximum absolute atomic E-state index is 11.9. The Morgan fingerprint density at radius 1 is 1.40 bits per heavy atom. The number of thioether (sulfide) groups is 2. The zero-order chi connectivity index (χ0) is 14.1. The molecule has 0 unspecified atom stereocenters. The van der Waals surface area contributed by atoms with Crippen molar-refractivity contribution in [1.29, 1.82) is 0 Å². The molecule has 0 saturated heterocycles. The predicted molar refractivity (Wildman–Crippen MR) is 73.7 cm³/mol. The fourth-order valence-electron chi connectivity index (χ4n) is 1.56. The first-order valence-corrected chi connectivity index (χ1v) is 7.76. The molecule has 0 bridgehead atoms. The van der Waals surface area contributed by atoms with Gasteiger partial charge in [0, 0.05) is 18.9 Å². The van der Waals surface area contributed by atoms with Gasteiger partial charge in [0.2, 0.25) is 5.16 Å². The van der Waals surface area contributed by atoms with Crippen LogP contribution in [0.3, 0.4) is 0 Å². The molecule has 3 aromatic heterocycles. The number of fused-ring (bicyclic) bond motifs is 1. The van der Waals surface area contributed by atoms with E-state index in [1.54, 1.807) is 11.7 Å². The minimum absolute atomic E-state index is 0.186. The van der Waals surface area contributed by atoms with Gasteiger partial charge in [0.1, 0.15) is 0 Å². The number of aromatic nitrogens is 8. The van der Waals surface area contributed by atoms with Gasteiger partial charge in [0.05, 0.1) is 5.69 Å². The first-order chi connectivity index (χ1) is 9.67. The molecule has 0 fully saturated rings. The molecule has 9 nitrogen and oxygen atoms in total. The third-order valence-corrected chi connectivity index (χ3v) is 4.10. The molecule has 0 saturated carbocycles. The Hall–Kier alpha value is -1.88. The summed E-state index contributed by atoms with van der Waals surface area (Å²) < 4.78 is 2.89. The Kier molecular flexibility index (Phi) is 3.44. The molecule has 0 aliphatic carbocycles. The van der Waals surface area contributed by atoms with Crippen molar-refractivity contribution in [3.8, 4) is 0 Å². The molecule has 0 atom stereocenters. The van der Waals surface area contributed by atoms with E-state index in [9.17, 15) is 4.79 Å². The van der Waals surface area contributed by atoms with Crippen molar-refractivity contribution in [3.05, 3.63) is 22.1 Å². The number of aryl methyl sites for hydroxylation is 1. The average Bonchev–Trinajstić information content (AvgIpc) is 3.02. The summed E-state index contributed by atoms with van der Waals surface area (Å²) in [4.78, 5) is 20.5. The van der Waals surface area contributed by atoms with Crippen molar-refractivity contribution in [1.82, 2.24) is 39.8 Å². The molecule has 0 spiro atoms. The maximum Gasteiger partial charge on any atom is 0.274 e. The summed E-state index contributed by atoms with van der Waals surface area (Å²) in [6.45, 7) is 0. The number of hydrogen-bond donors (Lipinski definition) is 1. The van der Waals surface area contributed by atoms with E-state index in [1.807, 2.05) is 6.26 Å². The van der Waals surface area contributed by atoms with Gasteiger partial charge < -0.3 is 0 Å². The van der Waals surface area contributed by atoms with E-state index in [4.69, 9.17) is 0 Å². The van der Waals surface area contributed by atoms with Crippen LogP contribution in [0.2, 0.25) is 0 Å². The summed E-state index contributed by atoms with van der Waals surface area (Å²) in [6.07, 6.45) is 1.88. The molecule has 0 aromatic carbocycles. The van der Waals surface area contributed by atoms with Gasteiger partial charge in [0.25, 0.3) is 11.3 Å². The summed E-state index contributed by atoms with van der Waals surface area (Å²) in [5.74, 6) is 0.870. The van der Waals surface area contributed by atoms with Crippen LogP contribution in [0.1, 0.15) is 5.69 Å². The van der Waals surface area contributed by atoms with Gasteiger partial charge >= 0.3 is 0 Å². The third-order valence-electron chi connectivity index (χ3n) is 2.49. The summed E-state index contributed by atoms with van der Waals surface area (Å²) in [6, 6.07) is 1.48. The lowest BCUT2D eigenvalue weighted by molar-refractivity contribution is 0.664. The molecule has 104 valence electrons. The second-order valence-electron chi connectivity index (χ2n) is 3.83. The molecule has 3 aromatic rings. The standard InChI is InChI=1S/C9H10N8OS2/c1-16-9(12-14-15-16)20-4-5-3-6(18)17-7(10-5)11-8(13-17)19-2/h3H,4H2,1-2H3,(H,10,11,13). The molecule has 3 rings (SSSR count). The molecule has 3 heterocycles. The van der Waals surface area contributed by atoms with Gasteiger partial charge in [-0.3, -0.25) is 9.89 Å². The van der Waals surface area contributed by atoms with Gasteiger partial charge in [-0.2, -0.15) is 9.50 Å². The van der Waals surface area contributed by atoms with E-state index >= 15 is 0 Å². The maximum atomic E-state index is 11.9. The molecular formula is C9H10N8OS2. The van der Waals surface area contributed by atoms with Gasteiger partial charge in [-0.05, 0) is 16.7 Å². The monoisotopic (exact) mass is 310 g/mol. The summed E-state index contributed by atoms with van der Waals surface area (Å²) >= 11 is 2.83. The topological polar surface area (TPSA) is 107 Å². The molecule has 0 radical (unpaired) electrons. The summed E-state index contributed by atoms with van der Waals surface area (Å²) in [5.41, 5.74) is 0.455. The fraction of sp³-hybridized carbons (Fsp3) is 0.333. The van der Waals surface area contributed by atoms with Gasteiger partial charge in [-0.25, -0.2) is 9.67 Å². The number of rotatable bonds is 4. The normalized spacial score (nSPS) is 11.3. The number of H-pyrrole nitrogens is 1. The Balaban J connectivity index is 1.88. The molecule has 11 heteroatoms. The Labute approximate surface area is 121 Å². The number of nitrogens with zero attached hydrogens (tertiary/aromatic N) is 7. The third kappa shape index (κ3) is 2.41. The molecular weight excluding hydrogens is 300 g/mol. The van der Waals surface area contributed by atoms with E-state index < -0.39 is 0 Å². The number of hydrogen-bond acceptors (Lipinski definition) is 8. The van der Waals surface area contributed by atoms with Crippen LogP contribution in [-0.4, -0.2) is 46.0 Å². The van der Waals surface area contributed by atoms with Crippen molar-refractivity contribution in [2.45, 2.75) is 16.1 Å². The smallest absolute Gasteiger partial charge is 0.267 e. The highest BCUT2D eigenvalue weighted by Crippen LogP contribution is 2.17. The van der Waals surface area contributed by atoms with Crippen LogP contribution < -0.4 is 5.56 Å². The van der Waals surface area contributed by atoms with Gasteiger partial charge in [0.15, 0.2) is 5.16 Å². The Morgan fingerprint density at radius 2 is 2.25 bits per heavy atom. The van der Waals surface area contributed by atoms with Crippen LogP contribution in [-0.2, 0) is 12.8 Å². The first kappa shape index (κ1) is 13.1. The zero-order valence-electron chi connectivity index (χ0n) is 10.6. The molecule has 20 heavy (non-hydrogen) atoms. The van der Waals surface area contributed by atoms with Crippen LogP contribution in [0.25, 0.3) is 5.78 Å². The van der Waals surface area contributed by atoms with Crippen LogP contribution in [0.5, 0.6) is 0 Å². The summed E-state index contributed by atoms with van der Waals surface area (Å²) in [5, 5.41) is 15.3. The van der Waals surface area contributed by atoms with Crippen LogP contribution in [0.15, 0.2) is 21.2 Å². The number of aromatic amines is 1. The lowest BCUT2D eigenvalue weighted by Crippen LogP contribution is -2.15. The predicted octanol–water partition coefficient (Wildman–Crippen LogP) is -0.0447. The highest BCUT2D eigenvalue weighted by Gasteiger charge is 2.09. The minimum atomic E-state index is -0.186. The van der Waals surface area contributed by atoms with Crippen molar-refractivity contribution < 1.29 is 0 Å². The molecule has 0 aliphatic heterocycles. The SMILES string of the molecule is CSc1nc2nc(CSc3nnnn3C)cc(=O)n2[nH]1. The second kappa shape index (κ2) is 5.25. The van der Waals surface area contributed by atoms with E-state index in [-0.39, 0.29) is 5.56 Å². The molecule has 0 aliphatic rings. The van der Waals surface area contributed by atoms with E-state index in [2.05, 4.69) is 30.6 Å². The highest BCUT2D eigenvalue weighted by atomic mass is 32.2. The Morgan fingerprint density at radius 3 is 2.95 bits per heavy atom. The van der Waals surface area contributed by atoms with Crippen LogP contribution >= 0.6 is 23.5 Å². The van der Waals surface area contributed by atoms with Gasteiger partial charge in [-0.15, -0.1) is 5.10 Å². The first-order valence-electron chi connectivity index (χ1n) is 5.55. The average molecular weight is 310 g/mol.